The predicted octanol–water partition coefficient (Wildman–Crippen LogP) is 1.57. The Morgan fingerprint density at radius 1 is 1.35 bits per heavy atom. The summed E-state index contributed by atoms with van der Waals surface area (Å²) in [4.78, 5) is 11.6. The Morgan fingerprint density at radius 3 is 2.18 bits per heavy atom. The fraction of sp³-hybridized carbons (Fsp3) is 0.923. The minimum absolute atomic E-state index is 0.138. The maximum Gasteiger partial charge on any atom is 0.323 e. The summed E-state index contributed by atoms with van der Waals surface area (Å²) in [7, 11) is 1.40. The molecule has 102 valence electrons. The highest BCUT2D eigenvalue weighted by atomic mass is 16.5. The predicted molar refractivity (Wildman–Crippen MR) is 68.7 cm³/mol. The third kappa shape index (κ3) is 4.64. The second-order valence-electron chi connectivity index (χ2n) is 4.99. The SMILES string of the molecule is CCC(CC)(CO)CNC(C(=O)OC)C(C)C. The average Bonchev–Trinajstić information content (AvgIpc) is 2.34. The van der Waals surface area contributed by atoms with Gasteiger partial charge in [0.15, 0.2) is 0 Å². The van der Waals surface area contributed by atoms with Crippen molar-refractivity contribution >= 4 is 5.97 Å². The number of hydrogen-bond acceptors (Lipinski definition) is 4. The van der Waals surface area contributed by atoms with Crippen molar-refractivity contribution in [1.82, 2.24) is 5.32 Å². The van der Waals surface area contributed by atoms with Gasteiger partial charge >= 0.3 is 5.97 Å². The van der Waals surface area contributed by atoms with Crippen molar-refractivity contribution in [3.05, 3.63) is 0 Å². The molecule has 0 spiro atoms. The highest BCUT2D eigenvalue weighted by Crippen LogP contribution is 2.24. The number of methoxy groups -OCH3 is 1. The zero-order valence-corrected chi connectivity index (χ0v) is 11.7. The molecule has 0 aromatic heterocycles. The summed E-state index contributed by atoms with van der Waals surface area (Å²) >= 11 is 0. The van der Waals surface area contributed by atoms with Crippen LogP contribution in [0.5, 0.6) is 0 Å². The summed E-state index contributed by atoms with van der Waals surface area (Å²) in [5.74, 6) is -0.0633. The van der Waals surface area contributed by atoms with Crippen LogP contribution in [0, 0.1) is 11.3 Å². The molecule has 0 saturated heterocycles. The lowest BCUT2D eigenvalue weighted by Crippen LogP contribution is -2.47. The summed E-state index contributed by atoms with van der Waals surface area (Å²) in [6.45, 7) is 8.85. The Labute approximate surface area is 105 Å². The molecule has 1 unspecified atom stereocenters. The minimum atomic E-state index is -0.302. The third-order valence-corrected chi connectivity index (χ3v) is 3.65. The van der Waals surface area contributed by atoms with E-state index in [1.807, 2.05) is 13.8 Å². The van der Waals surface area contributed by atoms with Crippen molar-refractivity contribution < 1.29 is 14.6 Å². The Kier molecular flexibility index (Phi) is 7.39. The maximum atomic E-state index is 11.6. The van der Waals surface area contributed by atoms with E-state index < -0.39 is 0 Å². The molecular formula is C13H27NO3. The molecule has 2 N–H and O–H groups in total. The fourth-order valence-corrected chi connectivity index (χ4v) is 1.82. The van der Waals surface area contributed by atoms with Crippen LogP contribution in [0.4, 0.5) is 0 Å². The molecule has 0 aliphatic carbocycles. The van der Waals surface area contributed by atoms with Gasteiger partial charge in [-0.05, 0) is 18.8 Å². The summed E-state index contributed by atoms with van der Waals surface area (Å²) in [5, 5.41) is 12.7. The molecule has 0 heterocycles. The van der Waals surface area contributed by atoms with Crippen molar-refractivity contribution in [2.45, 2.75) is 46.6 Å². The monoisotopic (exact) mass is 245 g/mol. The average molecular weight is 245 g/mol. The standard InChI is InChI=1S/C13H27NO3/c1-6-13(7-2,9-15)8-14-11(10(3)4)12(16)17-5/h10-11,14-15H,6-9H2,1-5H3. The van der Waals surface area contributed by atoms with Gasteiger partial charge in [-0.25, -0.2) is 0 Å². The number of aliphatic hydroxyl groups is 1. The molecule has 0 saturated carbocycles. The van der Waals surface area contributed by atoms with E-state index in [0.29, 0.717) is 6.54 Å². The molecule has 0 fully saturated rings. The summed E-state index contributed by atoms with van der Waals surface area (Å²) in [6, 6.07) is -0.302. The Hall–Kier alpha value is -0.610. The lowest BCUT2D eigenvalue weighted by molar-refractivity contribution is -0.144. The highest BCUT2D eigenvalue weighted by Gasteiger charge is 2.29. The number of hydrogen-bond donors (Lipinski definition) is 2. The van der Waals surface area contributed by atoms with Crippen LogP contribution in [0.3, 0.4) is 0 Å². The summed E-state index contributed by atoms with van der Waals surface area (Å²) in [6.07, 6.45) is 1.78. The van der Waals surface area contributed by atoms with E-state index in [0.717, 1.165) is 12.8 Å². The quantitative estimate of drug-likeness (QED) is 0.637. The van der Waals surface area contributed by atoms with E-state index in [-0.39, 0.29) is 30.0 Å². The molecule has 0 bridgehead atoms. The molecule has 1 atom stereocenters. The molecule has 17 heavy (non-hydrogen) atoms. The highest BCUT2D eigenvalue weighted by molar-refractivity contribution is 5.75. The first-order valence-electron chi connectivity index (χ1n) is 6.38. The Morgan fingerprint density at radius 2 is 1.88 bits per heavy atom. The van der Waals surface area contributed by atoms with Crippen LogP contribution in [0.15, 0.2) is 0 Å². The number of rotatable bonds is 8. The molecule has 0 amide bonds. The minimum Gasteiger partial charge on any atom is -0.468 e. The van der Waals surface area contributed by atoms with E-state index in [9.17, 15) is 9.90 Å². The number of esters is 1. The number of ether oxygens (including phenoxy) is 1. The van der Waals surface area contributed by atoms with Crippen LogP contribution in [-0.4, -0.2) is 37.4 Å². The molecule has 0 aliphatic rings. The number of nitrogens with one attached hydrogen (secondary N) is 1. The second kappa shape index (κ2) is 7.67. The second-order valence-corrected chi connectivity index (χ2v) is 4.99. The van der Waals surface area contributed by atoms with Gasteiger partial charge in [0.05, 0.1) is 7.11 Å². The topological polar surface area (TPSA) is 58.6 Å². The van der Waals surface area contributed by atoms with Crippen LogP contribution in [-0.2, 0) is 9.53 Å². The van der Waals surface area contributed by atoms with Crippen molar-refractivity contribution in [3.8, 4) is 0 Å². The van der Waals surface area contributed by atoms with E-state index >= 15 is 0 Å². The summed E-state index contributed by atoms with van der Waals surface area (Å²) < 4.78 is 4.78. The molecule has 0 radical (unpaired) electrons. The zero-order valence-electron chi connectivity index (χ0n) is 11.7. The smallest absolute Gasteiger partial charge is 0.323 e. The first kappa shape index (κ1) is 16.4. The third-order valence-electron chi connectivity index (χ3n) is 3.65. The fourth-order valence-electron chi connectivity index (χ4n) is 1.82. The lowest BCUT2D eigenvalue weighted by atomic mass is 9.82. The van der Waals surface area contributed by atoms with Gasteiger partial charge in [-0.15, -0.1) is 0 Å². The van der Waals surface area contributed by atoms with Crippen molar-refractivity contribution in [3.63, 3.8) is 0 Å². The summed E-state index contributed by atoms with van der Waals surface area (Å²) in [5.41, 5.74) is -0.138. The first-order chi connectivity index (χ1) is 7.96. The van der Waals surface area contributed by atoms with Crippen molar-refractivity contribution in [2.24, 2.45) is 11.3 Å². The number of carbonyl (C=O) groups is 1. The molecular weight excluding hydrogens is 218 g/mol. The van der Waals surface area contributed by atoms with Gasteiger partial charge in [0.25, 0.3) is 0 Å². The molecule has 0 rings (SSSR count). The van der Waals surface area contributed by atoms with Crippen molar-refractivity contribution in [1.29, 1.82) is 0 Å². The molecule has 0 aromatic carbocycles. The molecule has 0 aliphatic heterocycles. The van der Waals surface area contributed by atoms with Crippen LogP contribution < -0.4 is 5.32 Å². The van der Waals surface area contributed by atoms with Crippen molar-refractivity contribution in [2.75, 3.05) is 20.3 Å². The van der Waals surface area contributed by atoms with Gasteiger partial charge in [-0.3, -0.25) is 4.79 Å². The van der Waals surface area contributed by atoms with E-state index in [1.165, 1.54) is 7.11 Å². The van der Waals surface area contributed by atoms with Gasteiger partial charge < -0.3 is 15.2 Å². The Balaban J connectivity index is 4.52. The molecule has 4 nitrogen and oxygen atoms in total. The van der Waals surface area contributed by atoms with E-state index in [2.05, 4.69) is 19.2 Å². The molecule has 0 aromatic rings. The van der Waals surface area contributed by atoms with Gasteiger partial charge in [0, 0.05) is 18.6 Å². The van der Waals surface area contributed by atoms with Crippen LogP contribution in [0.1, 0.15) is 40.5 Å². The van der Waals surface area contributed by atoms with Gasteiger partial charge in [-0.2, -0.15) is 0 Å². The normalized spacial score (nSPS) is 13.8. The van der Waals surface area contributed by atoms with Crippen LogP contribution in [0.25, 0.3) is 0 Å². The largest absolute Gasteiger partial charge is 0.468 e. The lowest BCUT2D eigenvalue weighted by Gasteiger charge is -2.32. The van der Waals surface area contributed by atoms with E-state index in [4.69, 9.17) is 4.74 Å². The van der Waals surface area contributed by atoms with Crippen LogP contribution in [0.2, 0.25) is 0 Å². The Bertz CT molecular complexity index is 216. The van der Waals surface area contributed by atoms with E-state index in [1.54, 1.807) is 0 Å². The van der Waals surface area contributed by atoms with Gasteiger partial charge in [0.2, 0.25) is 0 Å². The molecule has 4 heteroatoms. The van der Waals surface area contributed by atoms with Gasteiger partial charge in [-0.1, -0.05) is 27.7 Å². The van der Waals surface area contributed by atoms with Gasteiger partial charge in [0.1, 0.15) is 6.04 Å². The number of carbonyl (C=O) groups excluding carboxylic acids is 1. The zero-order chi connectivity index (χ0) is 13.5. The first-order valence-corrected chi connectivity index (χ1v) is 6.38. The van der Waals surface area contributed by atoms with Crippen LogP contribution >= 0.6 is 0 Å². The number of aliphatic hydroxyl groups excluding tert-OH is 1. The maximum absolute atomic E-state index is 11.6.